The topological polar surface area (TPSA) is 187 Å². The summed E-state index contributed by atoms with van der Waals surface area (Å²) in [4.78, 5) is 32.9. The number of thiazole rings is 1. The van der Waals surface area contributed by atoms with Gasteiger partial charge in [-0.05, 0) is 19.3 Å². The number of nitrogens with zero attached hydrogens (tertiary/aromatic N) is 6. The lowest BCUT2D eigenvalue weighted by atomic mass is 9.82. The molecule has 12 nitrogen and oxygen atoms in total. The van der Waals surface area contributed by atoms with Crippen molar-refractivity contribution in [3.8, 4) is 0 Å². The summed E-state index contributed by atoms with van der Waals surface area (Å²) in [5, 5.41) is 27.6. The number of carbonyl (C=O) groups is 2. The van der Waals surface area contributed by atoms with Gasteiger partial charge in [-0.1, -0.05) is 35.2 Å². The molecule has 1 fully saturated rings. The van der Waals surface area contributed by atoms with Crippen molar-refractivity contribution in [1.82, 2.24) is 25.4 Å². The Morgan fingerprint density at radius 3 is 2.14 bits per heavy atom. The number of amidine groups is 1. The van der Waals surface area contributed by atoms with Crippen LogP contribution in [0.3, 0.4) is 0 Å². The fourth-order valence-corrected chi connectivity index (χ4v) is 6.58. The third-order valence-corrected chi connectivity index (χ3v) is 8.56. The Balaban J connectivity index is 1.15. The van der Waals surface area contributed by atoms with Crippen LogP contribution < -0.4 is 22.1 Å². The summed E-state index contributed by atoms with van der Waals surface area (Å²) in [7, 11) is 0. The number of nitrogen functional groups attached to an aromatic ring is 1. The lowest BCUT2D eigenvalue weighted by Gasteiger charge is -2.25. The van der Waals surface area contributed by atoms with E-state index in [0.29, 0.717) is 39.0 Å². The first kappa shape index (κ1) is 24.4. The molecule has 2 atom stereocenters. The number of aliphatic imine (C=N–C) groups is 1. The van der Waals surface area contributed by atoms with Crippen LogP contribution in [0.15, 0.2) is 22.1 Å². The van der Waals surface area contributed by atoms with Crippen molar-refractivity contribution in [2.75, 3.05) is 16.4 Å². The molecule has 4 heterocycles. The smallest absolute Gasteiger partial charge is 0.232 e. The van der Waals surface area contributed by atoms with Crippen LogP contribution in [0, 0.1) is 0 Å². The third-order valence-electron chi connectivity index (χ3n) is 5.83. The number of carbonyl (C=O) groups excluding carboxylic acids is 2. The maximum atomic E-state index is 12.3. The predicted molar refractivity (Wildman–Crippen MR) is 140 cm³/mol. The van der Waals surface area contributed by atoms with E-state index in [2.05, 4.69) is 41.0 Å². The van der Waals surface area contributed by atoms with Crippen LogP contribution in [-0.4, -0.2) is 43.0 Å². The van der Waals surface area contributed by atoms with Crippen molar-refractivity contribution in [3.05, 3.63) is 32.9 Å². The van der Waals surface area contributed by atoms with Gasteiger partial charge in [-0.2, -0.15) is 0 Å². The summed E-state index contributed by atoms with van der Waals surface area (Å²) in [6.45, 7) is 0. The van der Waals surface area contributed by atoms with Crippen LogP contribution >= 0.6 is 34.0 Å². The molecular weight excluding hydrogens is 521 g/mol. The molecule has 2 aliphatic rings. The molecule has 36 heavy (non-hydrogen) atoms. The van der Waals surface area contributed by atoms with Crippen LogP contribution in [0.25, 0.3) is 0 Å². The number of hydrogen-bond donors (Lipinski definition) is 4. The van der Waals surface area contributed by atoms with Gasteiger partial charge in [-0.3, -0.25) is 9.59 Å². The Hall–Kier alpha value is -3.30. The van der Waals surface area contributed by atoms with Crippen molar-refractivity contribution in [2.45, 2.75) is 56.8 Å². The lowest BCUT2D eigenvalue weighted by molar-refractivity contribution is -0.116. The third kappa shape index (κ3) is 6.09. The van der Waals surface area contributed by atoms with Crippen LogP contribution in [0.5, 0.6) is 0 Å². The molecule has 15 heteroatoms. The number of nitrogens with one attached hydrogen (secondary N) is 2. The van der Waals surface area contributed by atoms with Crippen molar-refractivity contribution in [3.63, 3.8) is 0 Å². The van der Waals surface area contributed by atoms with E-state index >= 15 is 0 Å². The van der Waals surface area contributed by atoms with Gasteiger partial charge in [-0.15, -0.1) is 31.7 Å². The van der Waals surface area contributed by atoms with Crippen LogP contribution in [-0.2, 0) is 16.0 Å². The molecule has 1 aliphatic carbocycles. The molecule has 188 valence electrons. The summed E-state index contributed by atoms with van der Waals surface area (Å²) >= 11 is 4.11. The molecule has 2 amide bonds. The van der Waals surface area contributed by atoms with Gasteiger partial charge in [0.25, 0.3) is 0 Å². The normalized spacial score (nSPS) is 19.6. The van der Waals surface area contributed by atoms with Gasteiger partial charge in [0.2, 0.25) is 22.1 Å². The minimum absolute atomic E-state index is 0.142. The Morgan fingerprint density at radius 2 is 1.58 bits per heavy atom. The second-order valence-electron chi connectivity index (χ2n) is 8.58. The van der Waals surface area contributed by atoms with Gasteiger partial charge in [0.15, 0.2) is 5.13 Å². The summed E-state index contributed by atoms with van der Waals surface area (Å²) in [5.41, 5.74) is 12.6. The van der Waals surface area contributed by atoms with Crippen molar-refractivity contribution in [2.24, 2.45) is 10.7 Å². The largest absolute Gasteiger partial charge is 0.387 e. The molecule has 0 bridgehead atoms. The number of aromatic nitrogens is 5. The Labute approximate surface area is 218 Å². The summed E-state index contributed by atoms with van der Waals surface area (Å²) in [6, 6.07) is 0. The minimum atomic E-state index is -0.201. The number of amides is 2. The molecule has 1 saturated carbocycles. The second-order valence-corrected chi connectivity index (χ2v) is 11.5. The molecule has 6 N–H and O–H groups in total. The van der Waals surface area contributed by atoms with Crippen LogP contribution in [0.2, 0.25) is 0 Å². The van der Waals surface area contributed by atoms with Crippen molar-refractivity contribution >= 4 is 67.1 Å². The number of nitrogens with two attached hydrogens (primary N) is 2. The first-order valence-corrected chi connectivity index (χ1v) is 13.9. The average molecular weight is 545 g/mol. The van der Waals surface area contributed by atoms with E-state index in [-0.39, 0.29) is 36.5 Å². The number of hydrogen-bond acceptors (Lipinski definition) is 13. The predicted octanol–water partition coefficient (Wildman–Crippen LogP) is 3.02. The lowest BCUT2D eigenvalue weighted by Crippen LogP contribution is -2.14. The summed E-state index contributed by atoms with van der Waals surface area (Å²) < 4.78 is 0. The van der Waals surface area contributed by atoms with E-state index in [1.165, 1.54) is 34.0 Å². The van der Waals surface area contributed by atoms with Crippen molar-refractivity contribution in [1.29, 1.82) is 0 Å². The zero-order chi connectivity index (χ0) is 25.1. The van der Waals surface area contributed by atoms with E-state index in [9.17, 15) is 9.59 Å². The maximum Gasteiger partial charge on any atom is 0.232 e. The first-order valence-electron chi connectivity index (χ1n) is 11.4. The minimum Gasteiger partial charge on any atom is -0.387 e. The van der Waals surface area contributed by atoms with E-state index in [1.54, 1.807) is 5.38 Å². The highest BCUT2D eigenvalue weighted by Gasteiger charge is 2.29. The highest BCUT2D eigenvalue weighted by molar-refractivity contribution is 7.16. The van der Waals surface area contributed by atoms with Gasteiger partial charge in [-0.25, -0.2) is 9.98 Å². The van der Waals surface area contributed by atoms with Gasteiger partial charge >= 0.3 is 0 Å². The average Bonchev–Trinajstić information content (AvgIpc) is 3.64. The van der Waals surface area contributed by atoms with Gasteiger partial charge in [0.1, 0.15) is 15.9 Å². The molecule has 1 aliphatic heterocycles. The van der Waals surface area contributed by atoms with E-state index in [0.717, 1.165) is 35.7 Å². The van der Waals surface area contributed by atoms with E-state index in [4.69, 9.17) is 11.5 Å². The fraction of sp³-hybridized carbons (Fsp3) is 0.429. The molecular formula is C21H24N10O2S3. The molecule has 3 aromatic heterocycles. The van der Waals surface area contributed by atoms with Gasteiger partial charge in [0, 0.05) is 29.3 Å². The Kier molecular flexibility index (Phi) is 7.29. The zero-order valence-corrected chi connectivity index (χ0v) is 21.6. The monoisotopic (exact) mass is 544 g/mol. The molecule has 0 saturated heterocycles. The molecule has 0 spiro atoms. The molecule has 3 aromatic rings. The van der Waals surface area contributed by atoms with Gasteiger partial charge in [0.05, 0.1) is 18.5 Å². The Bertz CT molecular complexity index is 1330. The fourth-order valence-electron chi connectivity index (χ4n) is 4.21. The highest BCUT2D eigenvalue weighted by atomic mass is 32.1. The SMILES string of the molecule is NC1=NC(CC(=O)Nc2nnc([C@H]3CCC[C@H](c4nnc(NC(=O)Cc5csc(N)n5)s4)C3)s2)=CC1. The summed E-state index contributed by atoms with van der Waals surface area (Å²) in [5.74, 6) is 0.586. The highest BCUT2D eigenvalue weighted by Crippen LogP contribution is 2.43. The first-order chi connectivity index (χ1) is 17.4. The second kappa shape index (κ2) is 10.8. The van der Waals surface area contributed by atoms with Crippen LogP contribution in [0.1, 0.15) is 66.1 Å². The standard InChI is InChI=1S/C21H24N10O2S3/c22-14-5-4-12(24-14)7-15(32)26-20-30-28-17(35-20)10-2-1-3-11(6-10)18-29-31-21(36-18)27-16(33)8-13-9-34-19(23)25-13/h4,9-11H,1-3,5-8H2,(H2,22,24)(H2,23,25)(H,26,30,32)(H,27,31,33)/t10-,11-/m0/s1. The molecule has 0 radical (unpaired) electrons. The van der Waals surface area contributed by atoms with Crippen LogP contribution in [0.4, 0.5) is 15.4 Å². The molecule has 0 unspecified atom stereocenters. The maximum absolute atomic E-state index is 12.3. The quantitative estimate of drug-likeness (QED) is 0.330. The van der Waals surface area contributed by atoms with E-state index in [1.807, 2.05) is 6.08 Å². The molecule has 5 rings (SSSR count). The zero-order valence-electron chi connectivity index (χ0n) is 19.1. The number of anilines is 3. The number of rotatable bonds is 8. The summed E-state index contributed by atoms with van der Waals surface area (Å²) in [6.07, 6.45) is 6.62. The molecule has 0 aromatic carbocycles. The Morgan fingerprint density at radius 1 is 0.944 bits per heavy atom. The van der Waals surface area contributed by atoms with Gasteiger partial charge < -0.3 is 22.1 Å². The van der Waals surface area contributed by atoms with Crippen molar-refractivity contribution < 1.29 is 9.59 Å². The van der Waals surface area contributed by atoms with E-state index < -0.39 is 0 Å².